The molecule has 2 amide bonds. The van der Waals surface area contributed by atoms with Crippen LogP contribution >= 0.6 is 0 Å². The number of aliphatic carboxylic acids is 1. The summed E-state index contributed by atoms with van der Waals surface area (Å²) in [4.78, 5) is 38.3. The molecule has 5 aliphatic rings. The Labute approximate surface area is 129 Å². The summed E-state index contributed by atoms with van der Waals surface area (Å²) in [6.07, 6.45) is 7.25. The Morgan fingerprint density at radius 1 is 1.23 bits per heavy atom. The Balaban J connectivity index is 1.65. The number of carbonyl (C=O) groups is 3. The SMILES string of the molecule is CCCC[C@H](C(=O)O)N1C(=O)[C@@H]2[C@H]3C=C[C@@H]([C@@H]4C[C@H]34)[C@@H]2C1=O. The lowest BCUT2D eigenvalue weighted by Gasteiger charge is -2.37. The Morgan fingerprint density at radius 2 is 1.77 bits per heavy atom. The van der Waals surface area contributed by atoms with Gasteiger partial charge in [-0.2, -0.15) is 0 Å². The fraction of sp³-hybridized carbons (Fsp3) is 0.706. The van der Waals surface area contributed by atoms with Crippen molar-refractivity contribution >= 4 is 17.8 Å². The first-order valence-electron chi connectivity index (χ1n) is 8.34. The molecule has 118 valence electrons. The number of imide groups is 1. The van der Waals surface area contributed by atoms with Gasteiger partial charge >= 0.3 is 5.97 Å². The molecule has 0 aromatic rings. The maximum absolute atomic E-state index is 12.8. The lowest BCUT2D eigenvalue weighted by atomic mass is 9.63. The quantitative estimate of drug-likeness (QED) is 0.619. The van der Waals surface area contributed by atoms with E-state index in [2.05, 4.69) is 12.2 Å². The molecule has 2 bridgehead atoms. The van der Waals surface area contributed by atoms with Crippen molar-refractivity contribution in [3.8, 4) is 0 Å². The predicted octanol–water partition coefficient (Wildman–Crippen LogP) is 1.68. The van der Waals surface area contributed by atoms with Crippen molar-refractivity contribution in [1.82, 2.24) is 4.90 Å². The van der Waals surface area contributed by atoms with E-state index in [-0.39, 0.29) is 35.5 Å². The maximum atomic E-state index is 12.8. The van der Waals surface area contributed by atoms with Crippen LogP contribution < -0.4 is 0 Å². The van der Waals surface area contributed by atoms with Crippen LogP contribution in [0.15, 0.2) is 12.2 Å². The minimum atomic E-state index is -1.06. The molecule has 7 atom stereocenters. The van der Waals surface area contributed by atoms with Crippen LogP contribution in [0.25, 0.3) is 0 Å². The molecule has 5 heteroatoms. The Morgan fingerprint density at radius 3 is 2.23 bits per heavy atom. The average Bonchev–Trinajstić information content (AvgIpc) is 3.27. The van der Waals surface area contributed by atoms with Crippen molar-refractivity contribution in [2.24, 2.45) is 35.5 Å². The largest absolute Gasteiger partial charge is 0.480 e. The highest BCUT2D eigenvalue weighted by atomic mass is 16.4. The topological polar surface area (TPSA) is 74.7 Å². The lowest BCUT2D eigenvalue weighted by molar-refractivity contribution is -0.155. The summed E-state index contributed by atoms with van der Waals surface area (Å²) in [6, 6.07) is -0.985. The molecule has 1 aliphatic heterocycles. The van der Waals surface area contributed by atoms with E-state index in [1.54, 1.807) is 0 Å². The Kier molecular flexibility index (Phi) is 2.97. The van der Waals surface area contributed by atoms with Gasteiger partial charge in [0, 0.05) is 0 Å². The van der Waals surface area contributed by atoms with Gasteiger partial charge in [0.25, 0.3) is 0 Å². The van der Waals surface area contributed by atoms with Gasteiger partial charge in [0.15, 0.2) is 0 Å². The van der Waals surface area contributed by atoms with Crippen LogP contribution in [0, 0.1) is 35.5 Å². The second kappa shape index (κ2) is 4.67. The first kappa shape index (κ1) is 14.0. The second-order valence-electron chi connectivity index (χ2n) is 7.20. The third-order valence-corrected chi connectivity index (χ3v) is 6.12. The van der Waals surface area contributed by atoms with Crippen LogP contribution in [0.3, 0.4) is 0 Å². The molecule has 2 saturated carbocycles. The van der Waals surface area contributed by atoms with Gasteiger partial charge in [-0.1, -0.05) is 31.9 Å². The van der Waals surface area contributed by atoms with E-state index in [0.29, 0.717) is 24.7 Å². The molecule has 5 nitrogen and oxygen atoms in total. The van der Waals surface area contributed by atoms with Crippen molar-refractivity contribution in [2.75, 3.05) is 0 Å². The molecule has 3 fully saturated rings. The average molecular weight is 303 g/mol. The zero-order chi connectivity index (χ0) is 15.6. The van der Waals surface area contributed by atoms with Crippen LogP contribution in [0.4, 0.5) is 0 Å². The van der Waals surface area contributed by atoms with Crippen LogP contribution in [0.5, 0.6) is 0 Å². The summed E-state index contributed by atoms with van der Waals surface area (Å²) in [5.74, 6) is -0.710. The van der Waals surface area contributed by atoms with Crippen molar-refractivity contribution in [3.05, 3.63) is 12.2 Å². The van der Waals surface area contributed by atoms with Crippen molar-refractivity contribution in [1.29, 1.82) is 0 Å². The maximum Gasteiger partial charge on any atom is 0.326 e. The van der Waals surface area contributed by atoms with E-state index in [4.69, 9.17) is 0 Å². The van der Waals surface area contributed by atoms with E-state index in [9.17, 15) is 19.5 Å². The van der Waals surface area contributed by atoms with Crippen molar-refractivity contribution < 1.29 is 19.5 Å². The molecule has 5 rings (SSSR count). The van der Waals surface area contributed by atoms with E-state index in [0.717, 1.165) is 17.7 Å². The number of amides is 2. The number of likely N-dealkylation sites (tertiary alicyclic amines) is 1. The standard InChI is InChI=1S/C17H21NO4/c1-2-3-4-12(17(21)22)18-15(19)13-8-5-6-9(11-7-10(8)11)14(13)16(18)20/h5-6,8-14H,2-4,7H2,1H3,(H,21,22)/t8-,9-,10-,11+,12+,13-,14+/m0/s1. The zero-order valence-electron chi connectivity index (χ0n) is 12.6. The van der Waals surface area contributed by atoms with Crippen LogP contribution in [-0.4, -0.2) is 33.8 Å². The number of hydrogen-bond acceptors (Lipinski definition) is 3. The molecular formula is C17H21NO4. The molecule has 0 unspecified atom stereocenters. The monoisotopic (exact) mass is 303 g/mol. The molecule has 0 radical (unpaired) electrons. The van der Waals surface area contributed by atoms with Gasteiger partial charge in [0.2, 0.25) is 11.8 Å². The number of unbranched alkanes of at least 4 members (excludes halogenated alkanes) is 1. The molecule has 0 aromatic carbocycles. The van der Waals surface area contributed by atoms with Crippen LogP contribution in [0.1, 0.15) is 32.6 Å². The summed E-state index contributed by atoms with van der Waals surface area (Å²) in [6.45, 7) is 1.98. The normalized spacial score (nSPS) is 42.3. The Bertz CT molecular complexity index is 547. The highest BCUT2D eigenvalue weighted by Gasteiger charge is 2.67. The van der Waals surface area contributed by atoms with E-state index >= 15 is 0 Å². The third-order valence-electron chi connectivity index (χ3n) is 6.12. The Hall–Kier alpha value is -1.65. The minimum absolute atomic E-state index is 0.155. The van der Waals surface area contributed by atoms with Gasteiger partial charge in [-0.05, 0) is 36.5 Å². The van der Waals surface area contributed by atoms with Gasteiger partial charge < -0.3 is 5.11 Å². The number of carbonyl (C=O) groups excluding carboxylic acids is 2. The van der Waals surface area contributed by atoms with Crippen LogP contribution in [0.2, 0.25) is 0 Å². The molecule has 0 spiro atoms. The molecule has 1 N–H and O–H groups in total. The summed E-state index contributed by atoms with van der Waals surface area (Å²) in [5.41, 5.74) is 0. The molecular weight excluding hydrogens is 282 g/mol. The van der Waals surface area contributed by atoms with E-state index in [1.165, 1.54) is 0 Å². The van der Waals surface area contributed by atoms with Gasteiger partial charge in [-0.3, -0.25) is 14.5 Å². The first-order chi connectivity index (χ1) is 10.6. The molecule has 22 heavy (non-hydrogen) atoms. The minimum Gasteiger partial charge on any atom is -0.480 e. The van der Waals surface area contributed by atoms with Crippen molar-refractivity contribution in [2.45, 2.75) is 38.6 Å². The molecule has 4 aliphatic carbocycles. The fourth-order valence-corrected chi connectivity index (χ4v) is 5.05. The first-order valence-corrected chi connectivity index (χ1v) is 8.34. The van der Waals surface area contributed by atoms with Crippen LogP contribution in [-0.2, 0) is 14.4 Å². The van der Waals surface area contributed by atoms with E-state index in [1.807, 2.05) is 6.92 Å². The number of rotatable bonds is 5. The predicted molar refractivity (Wildman–Crippen MR) is 77.5 cm³/mol. The van der Waals surface area contributed by atoms with E-state index < -0.39 is 12.0 Å². The number of allylic oxidation sites excluding steroid dienone is 2. The van der Waals surface area contributed by atoms with Gasteiger partial charge in [-0.25, -0.2) is 4.79 Å². The summed E-state index contributed by atoms with van der Waals surface area (Å²) < 4.78 is 0. The number of carboxylic acids is 1. The third kappa shape index (κ3) is 1.68. The summed E-state index contributed by atoms with van der Waals surface area (Å²) in [7, 11) is 0. The summed E-state index contributed by atoms with van der Waals surface area (Å²) >= 11 is 0. The molecule has 0 aromatic heterocycles. The van der Waals surface area contributed by atoms with Crippen molar-refractivity contribution in [3.63, 3.8) is 0 Å². The second-order valence-corrected chi connectivity index (χ2v) is 7.20. The highest BCUT2D eigenvalue weighted by Crippen LogP contribution is 2.65. The molecule has 1 heterocycles. The van der Waals surface area contributed by atoms with Gasteiger partial charge in [0.05, 0.1) is 11.8 Å². The highest BCUT2D eigenvalue weighted by molar-refractivity contribution is 6.08. The van der Waals surface area contributed by atoms with Gasteiger partial charge in [-0.15, -0.1) is 0 Å². The number of carboxylic acid groups (broad SMARTS) is 1. The lowest BCUT2D eigenvalue weighted by Crippen LogP contribution is -2.45. The smallest absolute Gasteiger partial charge is 0.326 e. The molecule has 1 saturated heterocycles. The summed E-state index contributed by atoms with van der Waals surface area (Å²) in [5, 5.41) is 9.48. The number of hydrogen-bond donors (Lipinski definition) is 1. The zero-order valence-corrected chi connectivity index (χ0v) is 12.6. The fourth-order valence-electron chi connectivity index (χ4n) is 5.05. The number of nitrogens with zero attached hydrogens (tertiary/aromatic N) is 1. The van der Waals surface area contributed by atoms with Gasteiger partial charge in [0.1, 0.15) is 6.04 Å².